The van der Waals surface area contributed by atoms with E-state index in [0.717, 1.165) is 0 Å². The number of amides is 2. The number of nitrogens with zero attached hydrogens (tertiary/aromatic N) is 4. The summed E-state index contributed by atoms with van der Waals surface area (Å²) >= 11 is 1.35. The molecule has 2 N–H and O–H groups in total. The second kappa shape index (κ2) is 8.24. The van der Waals surface area contributed by atoms with Crippen LogP contribution in [0.25, 0.3) is 0 Å². The maximum atomic E-state index is 12.3. The second-order valence-electron chi connectivity index (χ2n) is 7.13. The van der Waals surface area contributed by atoms with Crippen molar-refractivity contribution in [1.29, 1.82) is 0 Å². The van der Waals surface area contributed by atoms with Gasteiger partial charge >= 0.3 is 6.09 Å². The smallest absolute Gasteiger partial charge is 0.410 e. The lowest BCUT2D eigenvalue weighted by atomic mass is 10.1. The number of likely N-dealkylation sites (tertiary alicyclic amines) is 1. The lowest BCUT2D eigenvalue weighted by molar-refractivity contribution is -0.384. The maximum Gasteiger partial charge on any atom is 0.410 e. The molecule has 2 saturated heterocycles. The highest BCUT2D eigenvalue weighted by atomic mass is 32.1. The van der Waals surface area contributed by atoms with Gasteiger partial charge in [0, 0.05) is 43.7 Å². The van der Waals surface area contributed by atoms with Crippen molar-refractivity contribution in [1.82, 2.24) is 15.2 Å². The van der Waals surface area contributed by atoms with Crippen molar-refractivity contribution < 1.29 is 24.4 Å². The van der Waals surface area contributed by atoms with Gasteiger partial charge in [0.2, 0.25) is 0 Å². The number of nitro groups is 1. The molecule has 0 aliphatic carbocycles. The Balaban J connectivity index is 1.18. The summed E-state index contributed by atoms with van der Waals surface area (Å²) in [5, 5.41) is 25.2. The van der Waals surface area contributed by atoms with E-state index in [0.29, 0.717) is 42.6 Å². The molecule has 0 bridgehead atoms. The molecular weight excluding hydrogens is 414 g/mol. The number of nitrogens with one attached hydrogen (secondary N) is 1. The summed E-state index contributed by atoms with van der Waals surface area (Å²) < 4.78 is 5.20. The molecule has 2 aliphatic heterocycles. The maximum absolute atomic E-state index is 12.3. The number of nitro benzene ring substituents is 1. The molecule has 3 heterocycles. The summed E-state index contributed by atoms with van der Waals surface area (Å²) in [5.74, 6) is -0.303. The van der Waals surface area contributed by atoms with E-state index in [1.165, 1.54) is 40.5 Å². The molecule has 2 aliphatic rings. The molecule has 1 aromatic heterocycles. The molecule has 0 radical (unpaired) electrons. The fourth-order valence-corrected chi connectivity index (χ4v) is 3.88. The minimum absolute atomic E-state index is 0.0111. The normalized spacial score (nSPS) is 16.6. The Morgan fingerprint density at radius 1 is 1.27 bits per heavy atom. The highest BCUT2D eigenvalue weighted by Gasteiger charge is 2.34. The largest absolute Gasteiger partial charge is 0.445 e. The van der Waals surface area contributed by atoms with E-state index >= 15 is 0 Å². The SMILES string of the molecule is O=C(NC1CN(C(=O)OCc2ccc([N+](=O)[O-])cc2)C1)c1csc(N2CC(O)C2)n1. The minimum Gasteiger partial charge on any atom is -0.445 e. The first kappa shape index (κ1) is 20.0. The van der Waals surface area contributed by atoms with Gasteiger partial charge in [0.25, 0.3) is 11.6 Å². The number of hydrogen-bond acceptors (Lipinski definition) is 9. The molecule has 0 spiro atoms. The first-order valence-corrected chi connectivity index (χ1v) is 10.1. The van der Waals surface area contributed by atoms with Gasteiger partial charge in [-0.3, -0.25) is 14.9 Å². The molecule has 11 nitrogen and oxygen atoms in total. The first-order chi connectivity index (χ1) is 14.4. The number of rotatable bonds is 6. The summed E-state index contributed by atoms with van der Waals surface area (Å²) in [5.41, 5.74) is 0.935. The Morgan fingerprint density at radius 2 is 1.97 bits per heavy atom. The number of carbonyl (C=O) groups excluding carboxylic acids is 2. The number of ether oxygens (including phenoxy) is 1. The molecule has 2 fully saturated rings. The number of hydrogen-bond donors (Lipinski definition) is 2. The van der Waals surface area contributed by atoms with Crippen molar-refractivity contribution >= 4 is 34.2 Å². The molecule has 30 heavy (non-hydrogen) atoms. The van der Waals surface area contributed by atoms with Gasteiger partial charge in [-0.2, -0.15) is 0 Å². The van der Waals surface area contributed by atoms with Gasteiger partial charge in [-0.05, 0) is 17.7 Å². The minimum atomic E-state index is -0.508. The van der Waals surface area contributed by atoms with Crippen molar-refractivity contribution in [3.8, 4) is 0 Å². The third-order valence-electron chi connectivity index (χ3n) is 4.84. The van der Waals surface area contributed by atoms with Crippen LogP contribution < -0.4 is 10.2 Å². The number of non-ortho nitro benzene ring substituents is 1. The number of β-amino-alcohol motifs (C(OH)–C–C–N with tert-alkyl or cyclic N) is 1. The van der Waals surface area contributed by atoms with Crippen LogP contribution in [0.15, 0.2) is 29.6 Å². The van der Waals surface area contributed by atoms with Crippen LogP contribution in [0, 0.1) is 10.1 Å². The summed E-state index contributed by atoms with van der Waals surface area (Å²) in [4.78, 5) is 42.2. The van der Waals surface area contributed by atoms with Crippen LogP contribution >= 0.6 is 11.3 Å². The van der Waals surface area contributed by atoms with Gasteiger partial charge in [-0.1, -0.05) is 0 Å². The third kappa shape index (κ3) is 4.33. The molecule has 2 aromatic rings. The predicted molar refractivity (Wildman–Crippen MR) is 106 cm³/mol. The zero-order valence-electron chi connectivity index (χ0n) is 15.8. The van der Waals surface area contributed by atoms with E-state index in [4.69, 9.17) is 4.74 Å². The zero-order chi connectivity index (χ0) is 21.3. The Bertz CT molecular complexity index is 952. The lowest BCUT2D eigenvalue weighted by Gasteiger charge is -2.38. The summed E-state index contributed by atoms with van der Waals surface area (Å²) in [7, 11) is 0. The van der Waals surface area contributed by atoms with Crippen molar-refractivity contribution in [3.63, 3.8) is 0 Å². The third-order valence-corrected chi connectivity index (χ3v) is 5.74. The van der Waals surface area contributed by atoms with Crippen molar-refractivity contribution in [2.24, 2.45) is 0 Å². The van der Waals surface area contributed by atoms with Gasteiger partial charge in [0.05, 0.1) is 17.1 Å². The highest BCUT2D eigenvalue weighted by molar-refractivity contribution is 7.14. The number of aromatic nitrogens is 1. The monoisotopic (exact) mass is 433 g/mol. The van der Waals surface area contributed by atoms with Gasteiger partial charge < -0.3 is 25.0 Å². The van der Waals surface area contributed by atoms with Crippen LogP contribution in [-0.4, -0.2) is 70.2 Å². The zero-order valence-corrected chi connectivity index (χ0v) is 16.6. The van der Waals surface area contributed by atoms with Crippen molar-refractivity contribution in [2.45, 2.75) is 18.8 Å². The molecule has 1 aromatic carbocycles. The molecule has 0 atom stereocenters. The topological polar surface area (TPSA) is 138 Å². The van der Waals surface area contributed by atoms with E-state index in [-0.39, 0.29) is 30.3 Å². The van der Waals surface area contributed by atoms with Crippen LogP contribution in [0.1, 0.15) is 16.1 Å². The average Bonchev–Trinajstić information content (AvgIpc) is 3.16. The predicted octanol–water partition coefficient (Wildman–Crippen LogP) is 0.983. The Morgan fingerprint density at radius 3 is 2.60 bits per heavy atom. The van der Waals surface area contributed by atoms with E-state index in [2.05, 4.69) is 10.3 Å². The first-order valence-electron chi connectivity index (χ1n) is 9.23. The molecule has 0 saturated carbocycles. The summed E-state index contributed by atoms with van der Waals surface area (Å²) in [6.07, 6.45) is -0.849. The fourth-order valence-electron chi connectivity index (χ4n) is 3.05. The standard InChI is InChI=1S/C18H19N5O6S/c24-14-7-21(8-14)17-20-15(10-30-17)16(25)19-12-5-22(6-12)18(26)29-9-11-1-3-13(4-2-11)23(27)28/h1-4,10,12,14,24H,5-9H2,(H,19,25). The molecule has 158 valence electrons. The van der Waals surface area contributed by atoms with Crippen LogP contribution in [0.5, 0.6) is 0 Å². The number of aliphatic hydroxyl groups is 1. The highest BCUT2D eigenvalue weighted by Crippen LogP contribution is 2.25. The molecular formula is C18H19N5O6S. The number of carbonyl (C=O) groups is 2. The van der Waals surface area contributed by atoms with E-state index in [9.17, 15) is 24.8 Å². The van der Waals surface area contributed by atoms with Crippen LogP contribution in [0.2, 0.25) is 0 Å². The van der Waals surface area contributed by atoms with E-state index in [1.807, 2.05) is 4.90 Å². The number of thiazole rings is 1. The van der Waals surface area contributed by atoms with Crippen LogP contribution in [0.3, 0.4) is 0 Å². The Labute approximate surface area is 175 Å². The Kier molecular flexibility index (Phi) is 5.50. The van der Waals surface area contributed by atoms with Crippen molar-refractivity contribution in [2.75, 3.05) is 31.1 Å². The second-order valence-corrected chi connectivity index (χ2v) is 7.96. The quantitative estimate of drug-likeness (QED) is 0.508. The number of anilines is 1. The van der Waals surface area contributed by atoms with Gasteiger partial charge in [-0.25, -0.2) is 9.78 Å². The van der Waals surface area contributed by atoms with Crippen molar-refractivity contribution in [3.05, 3.63) is 51.0 Å². The van der Waals surface area contributed by atoms with Gasteiger partial charge in [0.1, 0.15) is 12.3 Å². The molecule has 2 amide bonds. The van der Waals surface area contributed by atoms with E-state index in [1.54, 1.807) is 5.38 Å². The number of aliphatic hydroxyl groups excluding tert-OH is 1. The Hall–Kier alpha value is -3.25. The molecule has 4 rings (SSSR count). The fraction of sp³-hybridized carbons (Fsp3) is 0.389. The average molecular weight is 433 g/mol. The van der Waals surface area contributed by atoms with Gasteiger partial charge in [-0.15, -0.1) is 11.3 Å². The van der Waals surface area contributed by atoms with Crippen LogP contribution in [0.4, 0.5) is 15.6 Å². The molecule has 0 unspecified atom stereocenters. The van der Waals surface area contributed by atoms with Crippen LogP contribution in [-0.2, 0) is 11.3 Å². The molecule has 12 heteroatoms. The summed E-state index contributed by atoms with van der Waals surface area (Å²) in [6, 6.07) is 5.60. The number of benzene rings is 1. The lowest BCUT2D eigenvalue weighted by Crippen LogP contribution is -2.61. The summed E-state index contributed by atoms with van der Waals surface area (Å²) in [6.45, 7) is 1.72. The van der Waals surface area contributed by atoms with Gasteiger partial charge in [0.15, 0.2) is 5.13 Å². The van der Waals surface area contributed by atoms with E-state index < -0.39 is 11.0 Å².